The van der Waals surface area contributed by atoms with E-state index >= 15 is 0 Å². The maximum atomic E-state index is 9.07. The van der Waals surface area contributed by atoms with Gasteiger partial charge in [0, 0.05) is 0 Å². The molecule has 2 rings (SSSR count). The smallest absolute Gasteiger partial charge is 0.143 e. The van der Waals surface area contributed by atoms with Crippen LogP contribution in [-0.4, -0.2) is 12.1 Å². The van der Waals surface area contributed by atoms with Crippen LogP contribution in [-0.2, 0) is 0 Å². The molecule has 0 atom stereocenters. The Labute approximate surface area is 105 Å². The van der Waals surface area contributed by atoms with Gasteiger partial charge in [-0.15, -0.1) is 0 Å². The summed E-state index contributed by atoms with van der Waals surface area (Å²) in [4.78, 5) is 4.12. The van der Waals surface area contributed by atoms with Gasteiger partial charge < -0.3 is 15.8 Å². The van der Waals surface area contributed by atoms with E-state index in [1.54, 1.807) is 43.6 Å². The van der Waals surface area contributed by atoms with Gasteiger partial charge in [0.15, 0.2) is 0 Å². The molecule has 0 unspecified atom stereocenters. The topological polar surface area (TPSA) is 84.0 Å². The Hall–Kier alpha value is -2.74. The third kappa shape index (κ3) is 2.33. The van der Waals surface area contributed by atoms with Gasteiger partial charge in [-0.3, -0.25) is 0 Å². The first-order valence-electron chi connectivity index (χ1n) is 5.30. The molecule has 5 nitrogen and oxygen atoms in total. The summed E-state index contributed by atoms with van der Waals surface area (Å²) in [7, 11) is 1.55. The monoisotopic (exact) mass is 240 g/mol. The predicted octanol–water partition coefficient (Wildman–Crippen LogP) is 2.29. The summed E-state index contributed by atoms with van der Waals surface area (Å²) < 4.78 is 5.22. The van der Waals surface area contributed by atoms with E-state index in [1.807, 2.05) is 0 Å². The number of pyridine rings is 1. The standard InChI is InChI=1S/C13H12N4O/c1-18-11-4-2-3-9(7-14)13(11)17-12-6-5-10(15)8-16-12/h2-6,8H,15H2,1H3,(H,16,17). The molecule has 0 amide bonds. The van der Waals surface area contributed by atoms with Gasteiger partial charge in [-0.1, -0.05) is 6.07 Å². The highest BCUT2D eigenvalue weighted by Crippen LogP contribution is 2.30. The van der Waals surface area contributed by atoms with Crippen LogP contribution in [0, 0.1) is 11.3 Å². The molecule has 90 valence electrons. The predicted molar refractivity (Wildman–Crippen MR) is 69.6 cm³/mol. The Bertz CT molecular complexity index is 587. The van der Waals surface area contributed by atoms with E-state index in [2.05, 4.69) is 16.4 Å². The second-order valence-electron chi connectivity index (χ2n) is 3.60. The second kappa shape index (κ2) is 5.06. The number of nitrogens with zero attached hydrogens (tertiary/aromatic N) is 2. The quantitative estimate of drug-likeness (QED) is 0.859. The van der Waals surface area contributed by atoms with Crippen molar-refractivity contribution < 1.29 is 4.74 Å². The lowest BCUT2D eigenvalue weighted by atomic mass is 10.2. The molecule has 0 aliphatic heterocycles. The number of aromatic nitrogens is 1. The molecule has 0 radical (unpaired) electrons. The Balaban J connectivity index is 2.39. The molecule has 0 fully saturated rings. The molecule has 5 heteroatoms. The zero-order valence-corrected chi connectivity index (χ0v) is 9.84. The summed E-state index contributed by atoms with van der Waals surface area (Å²) in [6.07, 6.45) is 1.55. The molecule has 0 bridgehead atoms. The molecule has 1 aromatic heterocycles. The zero-order valence-electron chi connectivity index (χ0n) is 9.84. The van der Waals surface area contributed by atoms with Gasteiger partial charge in [-0.25, -0.2) is 4.98 Å². The molecule has 1 heterocycles. The van der Waals surface area contributed by atoms with Crippen molar-refractivity contribution in [2.75, 3.05) is 18.2 Å². The first-order valence-corrected chi connectivity index (χ1v) is 5.30. The molecular formula is C13H12N4O. The van der Waals surface area contributed by atoms with Crippen LogP contribution >= 0.6 is 0 Å². The van der Waals surface area contributed by atoms with E-state index < -0.39 is 0 Å². The fraction of sp³-hybridized carbons (Fsp3) is 0.0769. The van der Waals surface area contributed by atoms with Crippen molar-refractivity contribution >= 4 is 17.2 Å². The van der Waals surface area contributed by atoms with Gasteiger partial charge in [-0.05, 0) is 24.3 Å². The summed E-state index contributed by atoms with van der Waals surface area (Å²) >= 11 is 0. The minimum Gasteiger partial charge on any atom is -0.495 e. The number of hydrogen-bond acceptors (Lipinski definition) is 5. The minimum atomic E-state index is 0.493. The van der Waals surface area contributed by atoms with Crippen molar-refractivity contribution in [1.82, 2.24) is 4.98 Å². The van der Waals surface area contributed by atoms with Crippen molar-refractivity contribution in [3.05, 3.63) is 42.1 Å². The van der Waals surface area contributed by atoms with Crippen LogP contribution in [0.1, 0.15) is 5.56 Å². The van der Waals surface area contributed by atoms with Crippen molar-refractivity contribution in [2.24, 2.45) is 0 Å². The van der Waals surface area contributed by atoms with Crippen molar-refractivity contribution in [3.8, 4) is 11.8 Å². The highest BCUT2D eigenvalue weighted by atomic mass is 16.5. The number of benzene rings is 1. The third-order valence-corrected chi connectivity index (χ3v) is 2.41. The van der Waals surface area contributed by atoms with E-state index in [4.69, 9.17) is 15.7 Å². The van der Waals surface area contributed by atoms with Crippen molar-refractivity contribution in [1.29, 1.82) is 5.26 Å². The van der Waals surface area contributed by atoms with Crippen LogP contribution in [0.5, 0.6) is 5.75 Å². The normalized spacial score (nSPS) is 9.56. The molecular weight excluding hydrogens is 228 g/mol. The Morgan fingerprint density at radius 1 is 1.33 bits per heavy atom. The average molecular weight is 240 g/mol. The number of ether oxygens (including phenoxy) is 1. The number of rotatable bonds is 3. The number of nitrogen functional groups attached to an aromatic ring is 1. The number of nitrogens with two attached hydrogens (primary N) is 1. The van der Waals surface area contributed by atoms with Gasteiger partial charge in [0.1, 0.15) is 23.3 Å². The second-order valence-corrected chi connectivity index (χ2v) is 3.60. The lowest BCUT2D eigenvalue weighted by Crippen LogP contribution is -1.99. The van der Waals surface area contributed by atoms with Gasteiger partial charge in [0.2, 0.25) is 0 Å². The molecule has 0 spiro atoms. The number of hydrogen-bond donors (Lipinski definition) is 2. The van der Waals surface area contributed by atoms with E-state index in [0.29, 0.717) is 28.5 Å². The van der Waals surface area contributed by atoms with Gasteiger partial charge in [-0.2, -0.15) is 5.26 Å². The summed E-state index contributed by atoms with van der Waals surface area (Å²) in [5.74, 6) is 1.19. The summed E-state index contributed by atoms with van der Waals surface area (Å²) in [6.45, 7) is 0. The van der Waals surface area contributed by atoms with Crippen LogP contribution < -0.4 is 15.8 Å². The highest BCUT2D eigenvalue weighted by Gasteiger charge is 2.09. The molecule has 0 saturated heterocycles. The summed E-state index contributed by atoms with van der Waals surface area (Å²) in [5.41, 5.74) is 7.24. The Morgan fingerprint density at radius 2 is 2.17 bits per heavy atom. The fourth-order valence-electron chi connectivity index (χ4n) is 1.53. The molecule has 0 aliphatic rings. The summed E-state index contributed by atoms with van der Waals surface area (Å²) in [5, 5.41) is 12.1. The van der Waals surface area contributed by atoms with Crippen LogP contribution in [0.15, 0.2) is 36.5 Å². The van der Waals surface area contributed by atoms with Crippen molar-refractivity contribution in [3.63, 3.8) is 0 Å². The Kier molecular flexibility index (Phi) is 3.30. The van der Waals surface area contributed by atoms with E-state index in [-0.39, 0.29) is 0 Å². The molecule has 3 N–H and O–H groups in total. The first-order chi connectivity index (χ1) is 8.74. The average Bonchev–Trinajstić information content (AvgIpc) is 2.41. The van der Waals surface area contributed by atoms with Crippen LogP contribution in [0.3, 0.4) is 0 Å². The van der Waals surface area contributed by atoms with E-state index in [0.717, 1.165) is 0 Å². The third-order valence-electron chi connectivity index (χ3n) is 2.41. The molecule has 18 heavy (non-hydrogen) atoms. The minimum absolute atomic E-state index is 0.493. The van der Waals surface area contributed by atoms with Crippen LogP contribution in [0.25, 0.3) is 0 Å². The van der Waals surface area contributed by atoms with Crippen LogP contribution in [0.2, 0.25) is 0 Å². The van der Waals surface area contributed by atoms with Crippen LogP contribution in [0.4, 0.5) is 17.2 Å². The highest BCUT2D eigenvalue weighted by molar-refractivity contribution is 5.71. The lowest BCUT2D eigenvalue weighted by Gasteiger charge is -2.11. The number of nitrogens with one attached hydrogen (secondary N) is 1. The largest absolute Gasteiger partial charge is 0.495 e. The van der Waals surface area contributed by atoms with E-state index in [1.165, 1.54) is 0 Å². The Morgan fingerprint density at radius 3 is 2.78 bits per heavy atom. The fourth-order valence-corrected chi connectivity index (χ4v) is 1.53. The van der Waals surface area contributed by atoms with Crippen molar-refractivity contribution in [2.45, 2.75) is 0 Å². The van der Waals surface area contributed by atoms with Gasteiger partial charge in [0.05, 0.1) is 24.6 Å². The number of methoxy groups -OCH3 is 1. The maximum Gasteiger partial charge on any atom is 0.143 e. The SMILES string of the molecule is COc1cccc(C#N)c1Nc1ccc(N)cn1. The lowest BCUT2D eigenvalue weighted by molar-refractivity contribution is 0.416. The zero-order chi connectivity index (χ0) is 13.0. The number of nitriles is 1. The number of para-hydroxylation sites is 1. The number of anilines is 3. The first kappa shape index (κ1) is 11.7. The van der Waals surface area contributed by atoms with E-state index in [9.17, 15) is 0 Å². The van der Waals surface area contributed by atoms with Gasteiger partial charge in [0.25, 0.3) is 0 Å². The summed E-state index contributed by atoms with van der Waals surface area (Å²) in [6, 6.07) is 10.8. The molecule has 0 saturated carbocycles. The maximum absolute atomic E-state index is 9.07. The molecule has 2 aromatic rings. The molecule has 1 aromatic carbocycles. The molecule has 0 aliphatic carbocycles. The van der Waals surface area contributed by atoms with Gasteiger partial charge >= 0.3 is 0 Å².